The summed E-state index contributed by atoms with van der Waals surface area (Å²) in [6.45, 7) is 0. The van der Waals surface area contributed by atoms with Gasteiger partial charge in [-0.2, -0.15) is 0 Å². The predicted octanol–water partition coefficient (Wildman–Crippen LogP) is 3.64. The summed E-state index contributed by atoms with van der Waals surface area (Å²) < 4.78 is 0. The van der Waals surface area contributed by atoms with Gasteiger partial charge in [0.25, 0.3) is 0 Å². The number of aliphatic hydroxyl groups is 1. The Bertz CT molecular complexity index is 886. The lowest BCUT2D eigenvalue weighted by atomic mass is 9.93. The molecule has 5 nitrogen and oxygen atoms in total. The predicted molar refractivity (Wildman–Crippen MR) is 99.2 cm³/mol. The van der Waals surface area contributed by atoms with Crippen LogP contribution in [-0.2, 0) is 0 Å². The number of carbonyl (C=O) groups excluding carboxylic acids is 1. The molecule has 0 radical (unpaired) electrons. The summed E-state index contributed by atoms with van der Waals surface area (Å²) in [4.78, 5) is 23.0. The average Bonchev–Trinajstić information content (AvgIpc) is 3.07. The van der Waals surface area contributed by atoms with Gasteiger partial charge in [0, 0.05) is 23.2 Å². The van der Waals surface area contributed by atoms with Crippen molar-refractivity contribution in [3.05, 3.63) is 53.0 Å². The van der Waals surface area contributed by atoms with Gasteiger partial charge in [0.2, 0.25) is 11.7 Å². The van der Waals surface area contributed by atoms with E-state index in [0.29, 0.717) is 22.4 Å². The fraction of sp³-hybridized carbons (Fsp3) is 0.316. The number of nitrogens with zero attached hydrogens (tertiary/aromatic N) is 2. The molecule has 1 saturated carbocycles. The van der Waals surface area contributed by atoms with Crippen LogP contribution >= 0.6 is 11.3 Å². The number of benzene rings is 1. The molecule has 1 aliphatic rings. The van der Waals surface area contributed by atoms with Crippen LogP contribution in [0.3, 0.4) is 0 Å². The molecule has 0 bridgehead atoms. The van der Waals surface area contributed by atoms with E-state index in [1.54, 1.807) is 6.20 Å². The molecule has 1 fully saturated rings. The second-order valence-corrected chi connectivity index (χ2v) is 7.44. The van der Waals surface area contributed by atoms with Crippen molar-refractivity contribution in [2.75, 3.05) is 5.32 Å². The van der Waals surface area contributed by atoms with Crippen LogP contribution in [-0.4, -0.2) is 33.0 Å². The molecule has 6 heteroatoms. The maximum Gasteiger partial charge on any atom is 0.224 e. The summed E-state index contributed by atoms with van der Waals surface area (Å²) >= 11 is 1.40. The number of carbonyl (C=O) groups is 1. The zero-order chi connectivity index (χ0) is 17.2. The first kappa shape index (κ1) is 16.2. The Morgan fingerprint density at radius 3 is 2.68 bits per heavy atom. The van der Waals surface area contributed by atoms with Gasteiger partial charge < -0.3 is 10.4 Å². The van der Waals surface area contributed by atoms with E-state index < -0.39 is 0 Å². The Kier molecular flexibility index (Phi) is 4.46. The number of hydrogen-bond donors (Lipinski definition) is 2. The van der Waals surface area contributed by atoms with Crippen LogP contribution in [0.5, 0.6) is 0 Å². The Morgan fingerprint density at radius 1 is 1.16 bits per heavy atom. The first-order valence-corrected chi connectivity index (χ1v) is 9.31. The van der Waals surface area contributed by atoms with Crippen LogP contribution in [0.1, 0.15) is 40.9 Å². The third kappa shape index (κ3) is 3.55. The number of ketones is 1. The third-order valence-electron chi connectivity index (χ3n) is 4.56. The number of hydrogen-bond acceptors (Lipinski definition) is 6. The minimum absolute atomic E-state index is 0.0133. The highest BCUT2D eigenvalue weighted by atomic mass is 32.1. The molecule has 0 spiro atoms. The molecule has 128 valence electrons. The Labute approximate surface area is 149 Å². The van der Waals surface area contributed by atoms with Crippen LogP contribution in [0.2, 0.25) is 0 Å². The fourth-order valence-electron chi connectivity index (χ4n) is 3.15. The molecule has 0 atom stereocenters. The monoisotopic (exact) mass is 353 g/mol. The van der Waals surface area contributed by atoms with Crippen molar-refractivity contribution in [2.24, 2.45) is 0 Å². The lowest BCUT2D eigenvalue weighted by Gasteiger charge is -2.26. The van der Waals surface area contributed by atoms with Crippen molar-refractivity contribution in [3.8, 4) is 0 Å². The van der Waals surface area contributed by atoms with E-state index in [4.69, 9.17) is 0 Å². The van der Waals surface area contributed by atoms with E-state index >= 15 is 0 Å². The van der Waals surface area contributed by atoms with Gasteiger partial charge in [-0.05, 0) is 31.7 Å². The smallest absolute Gasteiger partial charge is 0.224 e. The van der Waals surface area contributed by atoms with Crippen molar-refractivity contribution in [1.82, 2.24) is 9.97 Å². The van der Waals surface area contributed by atoms with E-state index in [0.717, 1.165) is 35.9 Å². The first-order valence-electron chi connectivity index (χ1n) is 8.50. The molecule has 0 saturated heterocycles. The standard InChI is InChI=1S/C19H19N3O2S/c23-15-8-6-14(7-9-15)21-19-20-11-13-10-16(25-18(13)22-19)17(24)12-4-2-1-3-5-12/h1-5,10-11,14-15,23H,6-9H2,(H,20,21,22)/t14-,15-. The topological polar surface area (TPSA) is 75.1 Å². The number of aliphatic hydroxyl groups excluding tert-OH is 1. The number of aromatic nitrogens is 2. The SMILES string of the molecule is O=C(c1ccccc1)c1cc2cnc(N[C@H]3CC[C@H](O)CC3)nc2s1. The number of nitrogens with one attached hydrogen (secondary N) is 1. The Morgan fingerprint density at radius 2 is 1.92 bits per heavy atom. The molecular formula is C19H19N3O2S. The average molecular weight is 353 g/mol. The zero-order valence-corrected chi connectivity index (χ0v) is 14.5. The van der Waals surface area contributed by atoms with Crippen molar-refractivity contribution in [2.45, 2.75) is 37.8 Å². The van der Waals surface area contributed by atoms with Gasteiger partial charge in [0.05, 0.1) is 11.0 Å². The number of anilines is 1. The number of fused-ring (bicyclic) bond motifs is 1. The largest absolute Gasteiger partial charge is 0.393 e. The summed E-state index contributed by atoms with van der Waals surface area (Å²) in [7, 11) is 0. The van der Waals surface area contributed by atoms with Gasteiger partial charge in [-0.1, -0.05) is 30.3 Å². The van der Waals surface area contributed by atoms with Gasteiger partial charge in [-0.25, -0.2) is 9.97 Å². The summed E-state index contributed by atoms with van der Waals surface area (Å²) in [5.74, 6) is 0.605. The third-order valence-corrected chi connectivity index (χ3v) is 5.61. The van der Waals surface area contributed by atoms with Crippen LogP contribution in [0.25, 0.3) is 10.2 Å². The van der Waals surface area contributed by atoms with Crippen molar-refractivity contribution < 1.29 is 9.90 Å². The molecule has 4 rings (SSSR count). The highest BCUT2D eigenvalue weighted by molar-refractivity contribution is 7.20. The van der Waals surface area contributed by atoms with E-state index in [9.17, 15) is 9.90 Å². The fourth-order valence-corrected chi connectivity index (χ4v) is 4.11. The summed E-state index contributed by atoms with van der Waals surface area (Å²) in [6.07, 6.45) is 5.06. The van der Waals surface area contributed by atoms with Crippen molar-refractivity contribution in [3.63, 3.8) is 0 Å². The molecule has 25 heavy (non-hydrogen) atoms. The maximum absolute atomic E-state index is 12.6. The highest BCUT2D eigenvalue weighted by Gasteiger charge is 2.20. The van der Waals surface area contributed by atoms with Crippen molar-refractivity contribution in [1.29, 1.82) is 0 Å². The lowest BCUT2D eigenvalue weighted by molar-refractivity contribution is 0.104. The zero-order valence-electron chi connectivity index (χ0n) is 13.7. The summed E-state index contributed by atoms with van der Waals surface area (Å²) in [5.41, 5.74) is 0.682. The molecule has 2 heterocycles. The summed E-state index contributed by atoms with van der Waals surface area (Å²) in [6, 6.07) is 11.4. The molecule has 3 aromatic rings. The van der Waals surface area contributed by atoms with Gasteiger partial charge in [0.15, 0.2) is 0 Å². The maximum atomic E-state index is 12.6. The Balaban J connectivity index is 1.54. The van der Waals surface area contributed by atoms with E-state index in [-0.39, 0.29) is 11.9 Å². The van der Waals surface area contributed by atoms with Gasteiger partial charge in [-0.15, -0.1) is 11.3 Å². The van der Waals surface area contributed by atoms with Crippen LogP contribution in [0.15, 0.2) is 42.6 Å². The second kappa shape index (κ2) is 6.90. The van der Waals surface area contributed by atoms with Crippen LogP contribution in [0, 0.1) is 0 Å². The molecule has 2 aromatic heterocycles. The molecule has 0 aliphatic heterocycles. The van der Waals surface area contributed by atoms with Gasteiger partial charge in [-0.3, -0.25) is 4.79 Å². The molecule has 1 aliphatic carbocycles. The Hall–Kier alpha value is -2.31. The number of thiophene rings is 1. The molecule has 0 amide bonds. The normalized spacial score (nSPS) is 20.5. The van der Waals surface area contributed by atoms with E-state index in [2.05, 4.69) is 15.3 Å². The minimum atomic E-state index is -0.176. The van der Waals surface area contributed by atoms with E-state index in [1.807, 2.05) is 36.4 Å². The van der Waals surface area contributed by atoms with Crippen LogP contribution in [0.4, 0.5) is 5.95 Å². The quantitative estimate of drug-likeness (QED) is 0.701. The molecule has 1 aromatic carbocycles. The number of rotatable bonds is 4. The second-order valence-electron chi connectivity index (χ2n) is 6.41. The first-order chi connectivity index (χ1) is 12.2. The van der Waals surface area contributed by atoms with Crippen molar-refractivity contribution >= 4 is 33.3 Å². The molecule has 0 unspecified atom stereocenters. The molecule has 2 N–H and O–H groups in total. The van der Waals surface area contributed by atoms with E-state index in [1.165, 1.54) is 11.3 Å². The summed E-state index contributed by atoms with van der Waals surface area (Å²) in [5, 5.41) is 13.8. The molecular weight excluding hydrogens is 334 g/mol. The minimum Gasteiger partial charge on any atom is -0.393 e. The van der Waals surface area contributed by atoms with Gasteiger partial charge in [0.1, 0.15) is 4.83 Å². The van der Waals surface area contributed by atoms with Crippen LogP contribution < -0.4 is 5.32 Å². The lowest BCUT2D eigenvalue weighted by Crippen LogP contribution is -2.28. The van der Waals surface area contributed by atoms with Gasteiger partial charge >= 0.3 is 0 Å². The highest BCUT2D eigenvalue weighted by Crippen LogP contribution is 2.27.